The minimum absolute atomic E-state index is 0.0991. The number of rotatable bonds is 8. The predicted molar refractivity (Wildman–Crippen MR) is 125 cm³/mol. The third-order valence-electron chi connectivity index (χ3n) is 4.86. The Balaban J connectivity index is 1.70. The molecule has 0 unspecified atom stereocenters. The first-order chi connectivity index (χ1) is 14.5. The molecule has 0 saturated heterocycles. The van der Waals surface area contributed by atoms with Crippen LogP contribution in [0.3, 0.4) is 0 Å². The second-order valence-electron chi connectivity index (χ2n) is 6.75. The zero-order chi connectivity index (χ0) is 21.5. The van der Waals surface area contributed by atoms with Crippen molar-refractivity contribution in [2.75, 3.05) is 31.9 Å². The first-order valence-corrected chi connectivity index (χ1v) is 10.7. The first-order valence-electron chi connectivity index (χ1n) is 9.88. The van der Waals surface area contributed by atoms with Crippen LogP contribution in [0.5, 0.6) is 0 Å². The molecule has 0 bridgehead atoms. The third kappa shape index (κ3) is 5.40. The second-order valence-corrected chi connectivity index (χ2v) is 7.67. The number of fused-ring (bicyclic) bond motifs is 1. The molecule has 3 aromatic rings. The van der Waals surface area contributed by atoms with Crippen molar-refractivity contribution >= 4 is 49.8 Å². The number of hydrogen-bond acceptors (Lipinski definition) is 6. The van der Waals surface area contributed by atoms with E-state index in [2.05, 4.69) is 55.2 Å². The number of aromatic nitrogens is 1. The fourth-order valence-electron chi connectivity index (χ4n) is 3.05. The number of nitrogens with one attached hydrogen (secondary N) is 1. The minimum atomic E-state index is -0.0991. The normalized spacial score (nSPS) is 11.5. The number of likely N-dealkylation sites (N-methyl/N-ethyl adjacent to an activating group) is 1. The van der Waals surface area contributed by atoms with Gasteiger partial charge < -0.3 is 16.0 Å². The maximum absolute atomic E-state index is 12.3. The number of halogens is 1. The Morgan fingerprint density at radius 3 is 2.57 bits per heavy atom. The van der Waals surface area contributed by atoms with Crippen molar-refractivity contribution in [1.29, 1.82) is 0 Å². The molecule has 0 radical (unpaired) electrons. The Morgan fingerprint density at radius 2 is 1.87 bits per heavy atom. The van der Waals surface area contributed by atoms with Gasteiger partial charge in [-0.25, -0.2) is 4.98 Å². The molecule has 0 atom stereocenters. The van der Waals surface area contributed by atoms with E-state index in [1.807, 2.05) is 18.2 Å². The van der Waals surface area contributed by atoms with Gasteiger partial charge in [0.05, 0.1) is 5.69 Å². The molecular weight excluding hydrogens is 444 g/mol. The van der Waals surface area contributed by atoms with Crippen molar-refractivity contribution in [3.63, 3.8) is 0 Å². The van der Waals surface area contributed by atoms with E-state index in [0.717, 1.165) is 34.9 Å². The Morgan fingerprint density at radius 1 is 1.13 bits per heavy atom. The van der Waals surface area contributed by atoms with Crippen molar-refractivity contribution < 1.29 is 4.79 Å². The standard InChI is InChI=1S/C22H25BrN6O/c1-3-29(4-2)12-11-25-22(30)15-6-9-18(10-7-15)27-28-20-19-13-17(23)8-5-16(19)14-26-21(20)24/h5-10,13-14H,3-4,11-12H2,1-2H3,(H2,24,26)(H,25,30)/b28-27+. The molecule has 30 heavy (non-hydrogen) atoms. The number of nitrogen functional groups attached to an aromatic ring is 1. The lowest BCUT2D eigenvalue weighted by molar-refractivity contribution is 0.0949. The quantitative estimate of drug-likeness (QED) is 0.451. The van der Waals surface area contributed by atoms with E-state index in [9.17, 15) is 4.79 Å². The van der Waals surface area contributed by atoms with Crippen LogP contribution in [-0.2, 0) is 0 Å². The molecule has 1 heterocycles. The number of carbonyl (C=O) groups is 1. The maximum Gasteiger partial charge on any atom is 0.251 e. The molecule has 3 N–H and O–H groups in total. The summed E-state index contributed by atoms with van der Waals surface area (Å²) in [6.07, 6.45) is 1.71. The van der Waals surface area contributed by atoms with E-state index in [4.69, 9.17) is 5.73 Å². The van der Waals surface area contributed by atoms with Crippen LogP contribution in [0, 0.1) is 0 Å². The first kappa shape index (κ1) is 21.9. The smallest absolute Gasteiger partial charge is 0.251 e. The summed E-state index contributed by atoms with van der Waals surface area (Å²) in [6, 6.07) is 12.8. The van der Waals surface area contributed by atoms with Crippen LogP contribution in [0.25, 0.3) is 10.8 Å². The monoisotopic (exact) mass is 468 g/mol. The van der Waals surface area contributed by atoms with Gasteiger partial charge in [-0.05, 0) is 49.5 Å². The lowest BCUT2D eigenvalue weighted by Crippen LogP contribution is -2.34. The van der Waals surface area contributed by atoms with Crippen molar-refractivity contribution in [3.05, 3.63) is 58.7 Å². The number of benzene rings is 2. The third-order valence-corrected chi connectivity index (χ3v) is 5.35. The molecule has 156 valence electrons. The number of amides is 1. The van der Waals surface area contributed by atoms with Crippen LogP contribution in [0.1, 0.15) is 24.2 Å². The van der Waals surface area contributed by atoms with Gasteiger partial charge in [0.25, 0.3) is 5.91 Å². The number of carbonyl (C=O) groups excluding carboxylic acids is 1. The van der Waals surface area contributed by atoms with Gasteiger partial charge in [0.15, 0.2) is 5.82 Å². The number of anilines is 1. The molecule has 0 aliphatic heterocycles. The van der Waals surface area contributed by atoms with Gasteiger partial charge in [-0.1, -0.05) is 35.8 Å². The summed E-state index contributed by atoms with van der Waals surface area (Å²) < 4.78 is 0.924. The van der Waals surface area contributed by atoms with Crippen molar-refractivity contribution in [2.24, 2.45) is 10.2 Å². The molecule has 2 aromatic carbocycles. The number of nitrogens with zero attached hydrogens (tertiary/aromatic N) is 4. The molecule has 0 fully saturated rings. The maximum atomic E-state index is 12.3. The summed E-state index contributed by atoms with van der Waals surface area (Å²) in [5.74, 6) is 0.214. The van der Waals surface area contributed by atoms with Crippen LogP contribution in [0.2, 0.25) is 0 Å². The topological polar surface area (TPSA) is 96.0 Å². The fraction of sp³-hybridized carbons (Fsp3) is 0.273. The van der Waals surface area contributed by atoms with Gasteiger partial charge in [-0.2, -0.15) is 5.11 Å². The van der Waals surface area contributed by atoms with Gasteiger partial charge in [0, 0.05) is 40.1 Å². The summed E-state index contributed by atoms with van der Waals surface area (Å²) >= 11 is 3.47. The Hall–Kier alpha value is -2.84. The van der Waals surface area contributed by atoms with E-state index in [1.54, 1.807) is 30.5 Å². The van der Waals surface area contributed by atoms with Gasteiger partial charge in [0.1, 0.15) is 5.69 Å². The molecule has 8 heteroatoms. The number of hydrogen-bond donors (Lipinski definition) is 2. The minimum Gasteiger partial charge on any atom is -0.382 e. The highest BCUT2D eigenvalue weighted by Gasteiger charge is 2.08. The van der Waals surface area contributed by atoms with Gasteiger partial charge in [-0.15, -0.1) is 5.11 Å². The largest absolute Gasteiger partial charge is 0.382 e. The molecule has 3 rings (SSSR count). The molecule has 7 nitrogen and oxygen atoms in total. The van der Waals surface area contributed by atoms with E-state index < -0.39 is 0 Å². The van der Waals surface area contributed by atoms with Crippen LogP contribution in [-0.4, -0.2) is 42.0 Å². The van der Waals surface area contributed by atoms with Crippen LogP contribution in [0.4, 0.5) is 17.2 Å². The summed E-state index contributed by atoms with van der Waals surface area (Å²) in [4.78, 5) is 18.8. The highest BCUT2D eigenvalue weighted by molar-refractivity contribution is 9.10. The molecule has 1 amide bonds. The number of nitrogens with two attached hydrogens (primary N) is 1. The van der Waals surface area contributed by atoms with Gasteiger partial charge >= 0.3 is 0 Å². The van der Waals surface area contributed by atoms with E-state index >= 15 is 0 Å². The van der Waals surface area contributed by atoms with Crippen LogP contribution in [0.15, 0.2) is 63.4 Å². The molecule has 0 aliphatic carbocycles. The zero-order valence-corrected chi connectivity index (χ0v) is 18.7. The summed E-state index contributed by atoms with van der Waals surface area (Å²) in [6.45, 7) is 7.62. The lowest BCUT2D eigenvalue weighted by atomic mass is 10.1. The molecular formula is C22H25BrN6O. The molecule has 0 saturated carbocycles. The average molecular weight is 469 g/mol. The molecule has 0 aliphatic rings. The zero-order valence-electron chi connectivity index (χ0n) is 17.1. The van der Waals surface area contributed by atoms with Crippen molar-refractivity contribution in [1.82, 2.24) is 15.2 Å². The highest BCUT2D eigenvalue weighted by atomic mass is 79.9. The summed E-state index contributed by atoms with van der Waals surface area (Å²) in [7, 11) is 0. The van der Waals surface area contributed by atoms with Gasteiger partial charge in [-0.3, -0.25) is 4.79 Å². The van der Waals surface area contributed by atoms with E-state index in [1.165, 1.54) is 0 Å². The molecule has 1 aromatic heterocycles. The van der Waals surface area contributed by atoms with Crippen LogP contribution < -0.4 is 11.1 Å². The Labute approximate surface area is 184 Å². The highest BCUT2D eigenvalue weighted by Crippen LogP contribution is 2.33. The average Bonchev–Trinajstić information content (AvgIpc) is 2.76. The number of azo groups is 1. The number of pyridine rings is 1. The Bertz CT molecular complexity index is 1040. The van der Waals surface area contributed by atoms with Crippen molar-refractivity contribution in [2.45, 2.75) is 13.8 Å². The van der Waals surface area contributed by atoms with E-state index in [-0.39, 0.29) is 5.91 Å². The van der Waals surface area contributed by atoms with E-state index in [0.29, 0.717) is 29.3 Å². The molecule has 0 spiro atoms. The second kappa shape index (κ2) is 10.3. The summed E-state index contributed by atoms with van der Waals surface area (Å²) in [5, 5.41) is 13.3. The van der Waals surface area contributed by atoms with Crippen LogP contribution >= 0.6 is 15.9 Å². The van der Waals surface area contributed by atoms with Crippen molar-refractivity contribution in [3.8, 4) is 0 Å². The van der Waals surface area contributed by atoms with Gasteiger partial charge in [0.2, 0.25) is 0 Å². The Kier molecular flexibility index (Phi) is 7.48. The SMILES string of the molecule is CCN(CC)CCNC(=O)c1ccc(/N=N/c2c(N)ncc3ccc(Br)cc23)cc1. The lowest BCUT2D eigenvalue weighted by Gasteiger charge is -2.17. The fourth-order valence-corrected chi connectivity index (χ4v) is 3.41. The summed E-state index contributed by atoms with van der Waals surface area (Å²) in [5.41, 5.74) is 7.75. The predicted octanol–water partition coefficient (Wildman–Crippen LogP) is 5.07.